The summed E-state index contributed by atoms with van der Waals surface area (Å²) < 4.78 is 61.8. The van der Waals surface area contributed by atoms with Gasteiger partial charge < -0.3 is 0 Å². The van der Waals surface area contributed by atoms with Crippen molar-refractivity contribution in [1.29, 1.82) is 5.26 Å². The van der Waals surface area contributed by atoms with Gasteiger partial charge in [0.15, 0.2) is 12.0 Å². The van der Waals surface area contributed by atoms with Gasteiger partial charge in [0.25, 0.3) is 6.43 Å². The van der Waals surface area contributed by atoms with Crippen molar-refractivity contribution in [3.05, 3.63) is 28.6 Å². The van der Waals surface area contributed by atoms with Crippen molar-refractivity contribution < 1.29 is 26.7 Å². The van der Waals surface area contributed by atoms with E-state index in [2.05, 4.69) is 4.98 Å². The van der Waals surface area contributed by atoms with E-state index in [1.54, 1.807) is 0 Å². The quantitative estimate of drug-likeness (QED) is 0.599. The number of nitriles is 1. The number of carbonyl (C=O) groups excluding carboxylic acids is 1. The van der Waals surface area contributed by atoms with Crippen LogP contribution >= 0.6 is 0 Å². The smallest absolute Gasteiger partial charge is 0.298 e. The Hall–Kier alpha value is -2.04. The minimum absolute atomic E-state index is 0.0739. The van der Waals surface area contributed by atoms with Gasteiger partial charge in [0.1, 0.15) is 11.8 Å². The first-order valence-corrected chi connectivity index (χ1v) is 4.06. The van der Waals surface area contributed by atoms with Gasteiger partial charge in [-0.3, -0.25) is 4.79 Å². The number of alkyl halides is 5. The van der Waals surface area contributed by atoms with Crippen LogP contribution in [0, 0.1) is 11.3 Å². The molecule has 0 amide bonds. The lowest BCUT2D eigenvalue weighted by Crippen LogP contribution is -2.14. The Labute approximate surface area is 91.5 Å². The molecule has 0 fully saturated rings. The first-order chi connectivity index (χ1) is 7.81. The highest BCUT2D eigenvalue weighted by Crippen LogP contribution is 2.33. The highest BCUT2D eigenvalue weighted by Gasteiger charge is 2.37. The molecule has 0 aromatic carbocycles. The monoisotopic (exact) mass is 250 g/mol. The van der Waals surface area contributed by atoms with E-state index in [0.717, 1.165) is 6.07 Å². The maximum atomic E-state index is 12.4. The number of hydrogen-bond donors (Lipinski definition) is 0. The Bertz CT molecular complexity index is 489. The zero-order valence-electron chi connectivity index (χ0n) is 7.92. The largest absolute Gasteiger partial charge is 0.434 e. The molecule has 0 unspecified atom stereocenters. The van der Waals surface area contributed by atoms with Crippen LogP contribution in [0.5, 0.6) is 0 Å². The summed E-state index contributed by atoms with van der Waals surface area (Å²) in [7, 11) is 0. The molecule has 1 aromatic rings. The summed E-state index contributed by atoms with van der Waals surface area (Å²) in [4.78, 5) is 13.1. The number of carbonyl (C=O) groups is 1. The fourth-order valence-electron chi connectivity index (χ4n) is 1.11. The second-order valence-corrected chi connectivity index (χ2v) is 2.89. The van der Waals surface area contributed by atoms with Gasteiger partial charge in [-0.1, -0.05) is 0 Å². The van der Waals surface area contributed by atoms with Crippen LogP contribution in [-0.2, 0) is 6.18 Å². The molecule has 0 aliphatic heterocycles. The predicted molar refractivity (Wildman–Crippen MR) is 44.3 cm³/mol. The summed E-state index contributed by atoms with van der Waals surface area (Å²) in [5, 5.41) is 8.44. The Morgan fingerprint density at radius 3 is 2.35 bits per heavy atom. The Morgan fingerprint density at radius 1 is 1.41 bits per heavy atom. The van der Waals surface area contributed by atoms with Gasteiger partial charge in [0, 0.05) is 5.56 Å². The molecule has 0 aliphatic rings. The van der Waals surface area contributed by atoms with Crippen LogP contribution in [0.25, 0.3) is 0 Å². The third kappa shape index (κ3) is 2.55. The van der Waals surface area contributed by atoms with Crippen LogP contribution in [0.2, 0.25) is 0 Å². The average Bonchev–Trinajstić information content (AvgIpc) is 2.25. The van der Waals surface area contributed by atoms with Gasteiger partial charge in [-0.15, -0.1) is 0 Å². The SMILES string of the molecule is N#Cc1cc(C=O)c(C(F)F)nc1C(F)(F)F. The molecule has 3 nitrogen and oxygen atoms in total. The maximum absolute atomic E-state index is 12.4. The molecule has 1 aromatic heterocycles. The number of rotatable bonds is 2. The van der Waals surface area contributed by atoms with E-state index in [1.807, 2.05) is 0 Å². The molecular weight excluding hydrogens is 247 g/mol. The molecule has 0 aliphatic carbocycles. The van der Waals surface area contributed by atoms with Crippen LogP contribution < -0.4 is 0 Å². The molecule has 0 bridgehead atoms. The Kier molecular flexibility index (Phi) is 3.41. The van der Waals surface area contributed by atoms with E-state index < -0.39 is 35.1 Å². The third-order valence-corrected chi connectivity index (χ3v) is 1.81. The molecule has 1 heterocycles. The molecule has 90 valence electrons. The molecule has 0 spiro atoms. The molecule has 0 saturated heterocycles. The number of pyridine rings is 1. The highest BCUT2D eigenvalue weighted by molar-refractivity contribution is 5.77. The molecule has 8 heteroatoms. The summed E-state index contributed by atoms with van der Waals surface area (Å²) in [6.07, 6.45) is -8.44. The standard InChI is InChI=1S/C9H3F5N2O/c10-8(11)6-5(3-17)1-4(2-15)7(16-6)9(12,13)14/h1,3,8H. The number of nitrogens with zero attached hydrogens (tertiary/aromatic N) is 2. The minimum Gasteiger partial charge on any atom is -0.298 e. The maximum Gasteiger partial charge on any atom is 0.434 e. The van der Waals surface area contributed by atoms with E-state index in [4.69, 9.17) is 5.26 Å². The lowest BCUT2D eigenvalue weighted by Gasteiger charge is -2.11. The second kappa shape index (κ2) is 4.45. The van der Waals surface area contributed by atoms with Crippen LogP contribution in [0.15, 0.2) is 6.07 Å². The summed E-state index contributed by atoms with van der Waals surface area (Å²) in [5.74, 6) is 0. The Morgan fingerprint density at radius 2 is 2.00 bits per heavy atom. The van der Waals surface area contributed by atoms with E-state index in [0.29, 0.717) is 6.07 Å². The molecular formula is C9H3F5N2O. The van der Waals surface area contributed by atoms with Gasteiger partial charge >= 0.3 is 6.18 Å². The van der Waals surface area contributed by atoms with Crippen molar-refractivity contribution in [3.63, 3.8) is 0 Å². The van der Waals surface area contributed by atoms with Crippen molar-refractivity contribution >= 4 is 6.29 Å². The number of aromatic nitrogens is 1. The zero-order chi connectivity index (χ0) is 13.2. The van der Waals surface area contributed by atoms with E-state index in [9.17, 15) is 26.7 Å². The lowest BCUT2D eigenvalue weighted by atomic mass is 10.1. The topological polar surface area (TPSA) is 53.8 Å². The van der Waals surface area contributed by atoms with Crippen molar-refractivity contribution in [3.8, 4) is 6.07 Å². The van der Waals surface area contributed by atoms with Crippen molar-refractivity contribution in [2.45, 2.75) is 12.6 Å². The molecule has 0 N–H and O–H groups in total. The van der Waals surface area contributed by atoms with Gasteiger partial charge in [0.05, 0.1) is 5.56 Å². The summed E-state index contributed by atoms with van der Waals surface area (Å²) in [6.45, 7) is 0. The first-order valence-electron chi connectivity index (χ1n) is 4.06. The number of hydrogen-bond acceptors (Lipinski definition) is 3. The lowest BCUT2D eigenvalue weighted by molar-refractivity contribution is -0.141. The predicted octanol–water partition coefficient (Wildman–Crippen LogP) is 2.72. The van der Waals surface area contributed by atoms with E-state index >= 15 is 0 Å². The number of aldehydes is 1. The molecule has 0 saturated carbocycles. The average molecular weight is 250 g/mol. The van der Waals surface area contributed by atoms with Gasteiger partial charge in [0.2, 0.25) is 0 Å². The summed E-state index contributed by atoms with van der Waals surface area (Å²) in [5.41, 5.74) is -4.71. The molecule has 0 atom stereocenters. The van der Waals surface area contributed by atoms with Crippen molar-refractivity contribution in [1.82, 2.24) is 4.98 Å². The number of halogens is 5. The minimum atomic E-state index is -5.03. The van der Waals surface area contributed by atoms with Crippen LogP contribution in [0.1, 0.15) is 33.7 Å². The fourth-order valence-corrected chi connectivity index (χ4v) is 1.11. The van der Waals surface area contributed by atoms with Crippen LogP contribution in [0.3, 0.4) is 0 Å². The molecule has 17 heavy (non-hydrogen) atoms. The molecule has 0 radical (unpaired) electrons. The summed E-state index contributed by atoms with van der Waals surface area (Å²) in [6, 6.07) is 1.61. The van der Waals surface area contributed by atoms with Crippen LogP contribution in [0.4, 0.5) is 22.0 Å². The van der Waals surface area contributed by atoms with Gasteiger partial charge in [-0.2, -0.15) is 18.4 Å². The van der Waals surface area contributed by atoms with Crippen molar-refractivity contribution in [2.75, 3.05) is 0 Å². The van der Waals surface area contributed by atoms with Crippen LogP contribution in [-0.4, -0.2) is 11.3 Å². The van der Waals surface area contributed by atoms with Gasteiger partial charge in [-0.25, -0.2) is 13.8 Å². The fraction of sp³-hybridized carbons (Fsp3) is 0.222. The third-order valence-electron chi connectivity index (χ3n) is 1.81. The molecule has 1 rings (SSSR count). The van der Waals surface area contributed by atoms with E-state index in [-0.39, 0.29) is 6.29 Å². The first kappa shape index (κ1) is 13.0. The van der Waals surface area contributed by atoms with E-state index in [1.165, 1.54) is 0 Å². The highest BCUT2D eigenvalue weighted by atomic mass is 19.4. The summed E-state index contributed by atoms with van der Waals surface area (Å²) >= 11 is 0. The Balaban J connectivity index is 3.57. The van der Waals surface area contributed by atoms with Gasteiger partial charge in [-0.05, 0) is 6.07 Å². The normalized spacial score (nSPS) is 11.4. The van der Waals surface area contributed by atoms with Crippen molar-refractivity contribution in [2.24, 2.45) is 0 Å². The second-order valence-electron chi connectivity index (χ2n) is 2.89. The zero-order valence-corrected chi connectivity index (χ0v) is 7.92.